The van der Waals surface area contributed by atoms with E-state index in [0.29, 0.717) is 22.1 Å². The molecule has 1 aromatic heterocycles. The van der Waals surface area contributed by atoms with E-state index in [1.165, 1.54) is 0 Å². The van der Waals surface area contributed by atoms with E-state index in [4.69, 9.17) is 17.0 Å². The highest BCUT2D eigenvalue weighted by Gasteiger charge is 2.35. The van der Waals surface area contributed by atoms with Crippen molar-refractivity contribution in [3.05, 3.63) is 87.3 Å². The van der Waals surface area contributed by atoms with Gasteiger partial charge in [0.15, 0.2) is 5.11 Å². The normalized spacial score (nSPS) is 16.1. The van der Waals surface area contributed by atoms with E-state index < -0.39 is 0 Å². The summed E-state index contributed by atoms with van der Waals surface area (Å²) in [5.41, 5.74) is 6.23. The molecule has 0 bridgehead atoms. The summed E-state index contributed by atoms with van der Waals surface area (Å²) in [6, 6.07) is 15.3. The largest absolute Gasteiger partial charge is 0.495 e. The molecule has 2 heterocycles. The molecule has 1 unspecified atom stereocenters. The second kappa shape index (κ2) is 9.14. The first-order valence-electron chi connectivity index (χ1n) is 10.2. The molecule has 0 spiro atoms. The van der Waals surface area contributed by atoms with Gasteiger partial charge in [0.2, 0.25) is 0 Å². The first-order chi connectivity index (χ1) is 15.4. The van der Waals surface area contributed by atoms with Gasteiger partial charge in [-0.15, -0.1) is 0 Å². The molecule has 7 heteroatoms. The number of nitrogens with zero attached hydrogens (tertiary/aromatic N) is 1. The number of carbonyl (C=O) groups excluding carboxylic acids is 1. The minimum atomic E-state index is -0.342. The van der Waals surface area contributed by atoms with Gasteiger partial charge in [0.1, 0.15) is 5.75 Å². The third-order valence-electron chi connectivity index (χ3n) is 5.43. The number of carbonyl (C=O) groups is 1. The quantitative estimate of drug-likeness (QED) is 0.474. The maximum atomic E-state index is 13.6. The molecule has 2 aromatic carbocycles. The zero-order chi connectivity index (χ0) is 22.8. The third-order valence-corrected chi connectivity index (χ3v) is 6.43. The lowest BCUT2D eigenvalue weighted by Crippen LogP contribution is -2.48. The fourth-order valence-corrected chi connectivity index (χ4v) is 5.10. The summed E-state index contributed by atoms with van der Waals surface area (Å²) < 4.78 is 5.42. The SMILES string of the molecule is COc1ccccc1NC(=O)C1=C(C)N(c2cc(C)cc(C)c2)C(=S)NC1c1ccsc1. The first-order valence-corrected chi connectivity index (χ1v) is 11.6. The second-order valence-electron chi connectivity index (χ2n) is 7.77. The molecule has 32 heavy (non-hydrogen) atoms. The molecule has 0 aliphatic carbocycles. The molecule has 1 amide bonds. The van der Waals surface area contributed by atoms with E-state index in [-0.39, 0.29) is 11.9 Å². The lowest BCUT2D eigenvalue weighted by molar-refractivity contribution is -0.113. The number of hydrogen-bond acceptors (Lipinski definition) is 4. The number of anilines is 2. The van der Waals surface area contributed by atoms with Crippen LogP contribution in [0.5, 0.6) is 5.75 Å². The van der Waals surface area contributed by atoms with Crippen LogP contribution in [0.4, 0.5) is 11.4 Å². The summed E-state index contributed by atoms with van der Waals surface area (Å²) in [5, 5.41) is 11.0. The van der Waals surface area contributed by atoms with Gasteiger partial charge in [-0.3, -0.25) is 9.69 Å². The molecular weight excluding hydrogens is 438 g/mol. The van der Waals surface area contributed by atoms with Crippen molar-refractivity contribution in [3.63, 3.8) is 0 Å². The van der Waals surface area contributed by atoms with Gasteiger partial charge < -0.3 is 15.4 Å². The van der Waals surface area contributed by atoms with Crippen molar-refractivity contribution in [2.24, 2.45) is 0 Å². The van der Waals surface area contributed by atoms with Gasteiger partial charge in [-0.2, -0.15) is 11.3 Å². The third kappa shape index (κ3) is 4.26. The topological polar surface area (TPSA) is 53.6 Å². The minimum Gasteiger partial charge on any atom is -0.495 e. The standard InChI is InChI=1S/C25H25N3O2S2/c1-15-11-16(2)13-19(12-15)28-17(3)22(23(27-25(28)31)18-9-10-32-14-18)24(29)26-20-7-5-6-8-21(20)30-4/h5-14,23H,1-4H3,(H,26,29)(H,27,31). The zero-order valence-corrected chi connectivity index (χ0v) is 20.1. The number of hydrogen-bond donors (Lipinski definition) is 2. The molecule has 164 valence electrons. The predicted octanol–water partition coefficient (Wildman–Crippen LogP) is 5.72. The maximum Gasteiger partial charge on any atom is 0.255 e. The number of benzene rings is 2. The van der Waals surface area contributed by atoms with E-state index in [9.17, 15) is 4.79 Å². The summed E-state index contributed by atoms with van der Waals surface area (Å²) in [4.78, 5) is 15.6. The van der Waals surface area contributed by atoms with Gasteiger partial charge in [-0.25, -0.2) is 0 Å². The van der Waals surface area contributed by atoms with Crippen LogP contribution < -0.4 is 20.3 Å². The molecule has 0 fully saturated rings. The van der Waals surface area contributed by atoms with Crippen molar-refractivity contribution in [2.75, 3.05) is 17.3 Å². The second-order valence-corrected chi connectivity index (χ2v) is 8.94. The molecule has 0 radical (unpaired) electrons. The Kier molecular flexibility index (Phi) is 6.30. The zero-order valence-electron chi connectivity index (χ0n) is 18.4. The van der Waals surface area contributed by atoms with E-state index in [0.717, 1.165) is 28.1 Å². The Balaban J connectivity index is 1.81. The Labute approximate surface area is 197 Å². The van der Waals surface area contributed by atoms with Crippen LogP contribution >= 0.6 is 23.6 Å². The number of aryl methyl sites for hydroxylation is 2. The van der Waals surface area contributed by atoms with Crippen molar-refractivity contribution >= 4 is 45.9 Å². The van der Waals surface area contributed by atoms with E-state index in [1.807, 2.05) is 52.9 Å². The number of amides is 1. The molecule has 5 nitrogen and oxygen atoms in total. The number of thiocarbonyl (C=S) groups is 1. The van der Waals surface area contributed by atoms with Crippen LogP contribution in [0.25, 0.3) is 0 Å². The van der Waals surface area contributed by atoms with Crippen molar-refractivity contribution in [3.8, 4) is 5.75 Å². The number of rotatable bonds is 5. The Morgan fingerprint density at radius 3 is 2.50 bits per heavy atom. The summed E-state index contributed by atoms with van der Waals surface area (Å²) in [5.74, 6) is 0.407. The minimum absolute atomic E-state index is 0.201. The highest BCUT2D eigenvalue weighted by atomic mass is 32.1. The molecule has 1 aliphatic heterocycles. The highest BCUT2D eigenvalue weighted by Crippen LogP contribution is 2.36. The number of ether oxygens (including phenoxy) is 1. The summed E-state index contributed by atoms with van der Waals surface area (Å²) in [6.45, 7) is 6.06. The van der Waals surface area contributed by atoms with Crippen molar-refractivity contribution in [1.29, 1.82) is 0 Å². The fraction of sp³-hybridized carbons (Fsp3) is 0.200. The van der Waals surface area contributed by atoms with Crippen molar-refractivity contribution < 1.29 is 9.53 Å². The van der Waals surface area contributed by atoms with Crippen LogP contribution in [0, 0.1) is 13.8 Å². The monoisotopic (exact) mass is 463 g/mol. The maximum absolute atomic E-state index is 13.6. The van der Waals surface area contributed by atoms with Crippen LogP contribution in [-0.4, -0.2) is 18.1 Å². The van der Waals surface area contributed by atoms with Crippen LogP contribution in [-0.2, 0) is 4.79 Å². The van der Waals surface area contributed by atoms with Crippen LogP contribution in [0.2, 0.25) is 0 Å². The lowest BCUT2D eigenvalue weighted by Gasteiger charge is -2.38. The smallest absolute Gasteiger partial charge is 0.255 e. The average Bonchev–Trinajstić information content (AvgIpc) is 3.27. The Morgan fingerprint density at radius 2 is 1.84 bits per heavy atom. The van der Waals surface area contributed by atoms with E-state index in [1.54, 1.807) is 18.4 Å². The van der Waals surface area contributed by atoms with Gasteiger partial charge in [-0.1, -0.05) is 18.2 Å². The van der Waals surface area contributed by atoms with Gasteiger partial charge >= 0.3 is 0 Å². The summed E-state index contributed by atoms with van der Waals surface area (Å²) >= 11 is 7.35. The molecular formula is C25H25N3O2S2. The van der Waals surface area contributed by atoms with Crippen LogP contribution in [0.15, 0.2) is 70.6 Å². The van der Waals surface area contributed by atoms with E-state index in [2.05, 4.69) is 42.7 Å². The summed E-state index contributed by atoms with van der Waals surface area (Å²) in [7, 11) is 1.59. The molecule has 1 atom stereocenters. The van der Waals surface area contributed by atoms with E-state index >= 15 is 0 Å². The fourth-order valence-electron chi connectivity index (χ4n) is 4.05. The number of methoxy groups -OCH3 is 1. The number of allylic oxidation sites excluding steroid dienone is 1. The summed E-state index contributed by atoms with van der Waals surface area (Å²) in [6.07, 6.45) is 0. The lowest BCUT2D eigenvalue weighted by atomic mass is 9.95. The van der Waals surface area contributed by atoms with Crippen molar-refractivity contribution in [1.82, 2.24) is 5.32 Å². The molecule has 4 rings (SSSR count). The van der Waals surface area contributed by atoms with Crippen LogP contribution in [0.1, 0.15) is 29.7 Å². The van der Waals surface area contributed by atoms with Crippen LogP contribution in [0.3, 0.4) is 0 Å². The van der Waals surface area contributed by atoms with Gasteiger partial charge in [0, 0.05) is 11.4 Å². The average molecular weight is 464 g/mol. The predicted molar refractivity (Wildman–Crippen MR) is 136 cm³/mol. The Bertz CT molecular complexity index is 1180. The van der Waals surface area contributed by atoms with Gasteiger partial charge in [0.05, 0.1) is 24.4 Å². The molecule has 1 aliphatic rings. The molecule has 0 saturated carbocycles. The van der Waals surface area contributed by atoms with Crippen molar-refractivity contribution in [2.45, 2.75) is 26.8 Å². The highest BCUT2D eigenvalue weighted by molar-refractivity contribution is 7.80. The Morgan fingerprint density at radius 1 is 1.12 bits per heavy atom. The van der Waals surface area contributed by atoms with Gasteiger partial charge in [-0.05, 0) is 90.8 Å². The first kappa shape index (κ1) is 22.0. The molecule has 3 aromatic rings. The number of nitrogens with one attached hydrogen (secondary N) is 2. The number of para-hydroxylation sites is 2. The molecule has 0 saturated heterocycles. The number of thiophene rings is 1. The van der Waals surface area contributed by atoms with Gasteiger partial charge in [0.25, 0.3) is 5.91 Å². The molecule has 2 N–H and O–H groups in total. The Hall–Kier alpha value is -3.16.